The lowest BCUT2D eigenvalue weighted by Gasteiger charge is -2.36. The monoisotopic (exact) mass is 416 g/mol. The van der Waals surface area contributed by atoms with Gasteiger partial charge in [0.25, 0.3) is 5.91 Å². The van der Waals surface area contributed by atoms with Crippen LogP contribution in [-0.2, 0) is 6.61 Å². The number of nitrogens with zero attached hydrogens (tertiary/aromatic N) is 2. The molecule has 0 aliphatic carbocycles. The second kappa shape index (κ2) is 9.56. The van der Waals surface area contributed by atoms with Crippen molar-refractivity contribution >= 4 is 11.6 Å². The number of piperazine rings is 1. The molecular formula is C26H28N2O3. The van der Waals surface area contributed by atoms with Gasteiger partial charge in [-0.15, -0.1) is 0 Å². The van der Waals surface area contributed by atoms with Gasteiger partial charge in [-0.25, -0.2) is 0 Å². The minimum absolute atomic E-state index is 0.0483. The van der Waals surface area contributed by atoms with Crippen LogP contribution in [0.25, 0.3) is 0 Å². The molecule has 5 heteroatoms. The van der Waals surface area contributed by atoms with Crippen molar-refractivity contribution in [3.63, 3.8) is 0 Å². The first-order valence-electron chi connectivity index (χ1n) is 10.6. The smallest absolute Gasteiger partial charge is 0.253 e. The van der Waals surface area contributed by atoms with Gasteiger partial charge in [0.15, 0.2) is 0 Å². The third-order valence-electron chi connectivity index (χ3n) is 5.60. The van der Waals surface area contributed by atoms with Crippen molar-refractivity contribution in [1.29, 1.82) is 0 Å². The fourth-order valence-electron chi connectivity index (χ4n) is 3.88. The van der Waals surface area contributed by atoms with Gasteiger partial charge in [-0.3, -0.25) is 4.79 Å². The number of anilines is 1. The number of carbonyl (C=O) groups excluding carboxylic acids is 1. The molecule has 4 rings (SSSR count). The first-order valence-corrected chi connectivity index (χ1v) is 10.6. The molecule has 1 heterocycles. The van der Waals surface area contributed by atoms with Gasteiger partial charge in [0.1, 0.15) is 18.1 Å². The summed E-state index contributed by atoms with van der Waals surface area (Å²) in [4.78, 5) is 17.4. The lowest BCUT2D eigenvalue weighted by atomic mass is 10.1. The average molecular weight is 417 g/mol. The summed E-state index contributed by atoms with van der Waals surface area (Å²) >= 11 is 0. The molecule has 0 unspecified atom stereocenters. The Kier molecular flexibility index (Phi) is 6.41. The summed E-state index contributed by atoms with van der Waals surface area (Å²) in [6.45, 7) is 5.44. The molecule has 0 atom stereocenters. The molecule has 0 N–H and O–H groups in total. The zero-order valence-electron chi connectivity index (χ0n) is 18.1. The molecule has 160 valence electrons. The predicted octanol–water partition coefficient (Wildman–Crippen LogP) is 4.55. The van der Waals surface area contributed by atoms with Gasteiger partial charge in [0.2, 0.25) is 0 Å². The molecule has 0 bridgehead atoms. The van der Waals surface area contributed by atoms with Crippen molar-refractivity contribution < 1.29 is 14.3 Å². The van der Waals surface area contributed by atoms with E-state index in [4.69, 9.17) is 9.47 Å². The second-order valence-corrected chi connectivity index (χ2v) is 7.75. The summed E-state index contributed by atoms with van der Waals surface area (Å²) in [6.07, 6.45) is 0. The van der Waals surface area contributed by atoms with Gasteiger partial charge in [-0.05, 0) is 55.0 Å². The molecule has 1 saturated heterocycles. The van der Waals surface area contributed by atoms with E-state index in [9.17, 15) is 4.79 Å². The molecule has 0 saturated carbocycles. The first kappa shape index (κ1) is 20.8. The molecule has 3 aromatic rings. The number of benzene rings is 3. The topological polar surface area (TPSA) is 42.0 Å². The van der Waals surface area contributed by atoms with E-state index in [0.717, 1.165) is 35.7 Å². The first-order chi connectivity index (χ1) is 15.1. The maximum absolute atomic E-state index is 13.1. The standard InChI is InChI=1S/C26H28N2O3/c1-20-7-6-10-24(17-20)31-19-22-18-21(11-12-25(22)30-2)26(29)28-15-13-27(14-16-28)23-8-4-3-5-9-23/h3-12,17-18H,13-16,19H2,1-2H3. The van der Waals surface area contributed by atoms with Crippen LogP contribution in [0, 0.1) is 6.92 Å². The Hall–Kier alpha value is -3.47. The van der Waals surface area contributed by atoms with Crippen LogP contribution in [0.5, 0.6) is 11.5 Å². The maximum Gasteiger partial charge on any atom is 0.253 e. The van der Waals surface area contributed by atoms with Gasteiger partial charge >= 0.3 is 0 Å². The molecule has 0 radical (unpaired) electrons. The molecular weight excluding hydrogens is 388 g/mol. The SMILES string of the molecule is COc1ccc(C(=O)N2CCN(c3ccccc3)CC2)cc1COc1cccc(C)c1. The lowest BCUT2D eigenvalue weighted by Crippen LogP contribution is -2.48. The van der Waals surface area contributed by atoms with Crippen molar-refractivity contribution in [3.8, 4) is 11.5 Å². The van der Waals surface area contributed by atoms with E-state index >= 15 is 0 Å². The van der Waals surface area contributed by atoms with Crippen LogP contribution in [0.3, 0.4) is 0 Å². The van der Waals surface area contributed by atoms with Crippen LogP contribution in [0.2, 0.25) is 0 Å². The highest BCUT2D eigenvalue weighted by Crippen LogP contribution is 2.24. The highest BCUT2D eigenvalue weighted by Gasteiger charge is 2.23. The number of ether oxygens (including phenoxy) is 2. The molecule has 1 aliphatic heterocycles. The van der Waals surface area contributed by atoms with Gasteiger partial charge in [-0.2, -0.15) is 0 Å². The van der Waals surface area contributed by atoms with Crippen LogP contribution in [0.15, 0.2) is 72.8 Å². The van der Waals surface area contributed by atoms with Crippen LogP contribution in [-0.4, -0.2) is 44.1 Å². The minimum atomic E-state index is 0.0483. The van der Waals surface area contributed by atoms with Crippen molar-refractivity contribution in [1.82, 2.24) is 4.90 Å². The third kappa shape index (κ3) is 5.00. The highest BCUT2D eigenvalue weighted by molar-refractivity contribution is 5.94. The molecule has 0 aromatic heterocycles. The van der Waals surface area contributed by atoms with Crippen LogP contribution in [0.4, 0.5) is 5.69 Å². The normalized spacial score (nSPS) is 13.7. The molecule has 1 aliphatic rings. The molecule has 31 heavy (non-hydrogen) atoms. The van der Waals surface area contributed by atoms with E-state index in [-0.39, 0.29) is 5.91 Å². The zero-order valence-corrected chi connectivity index (χ0v) is 18.1. The Morgan fingerprint density at radius 2 is 1.68 bits per heavy atom. The third-order valence-corrected chi connectivity index (χ3v) is 5.60. The van der Waals surface area contributed by atoms with Crippen LogP contribution in [0.1, 0.15) is 21.5 Å². The van der Waals surface area contributed by atoms with E-state index < -0.39 is 0 Å². The van der Waals surface area contributed by atoms with Gasteiger partial charge < -0.3 is 19.3 Å². The van der Waals surface area contributed by atoms with Crippen LogP contribution >= 0.6 is 0 Å². The van der Waals surface area contributed by atoms with E-state index in [1.165, 1.54) is 5.69 Å². The fourth-order valence-corrected chi connectivity index (χ4v) is 3.88. The predicted molar refractivity (Wildman–Crippen MR) is 123 cm³/mol. The van der Waals surface area contributed by atoms with Crippen molar-refractivity contribution in [2.24, 2.45) is 0 Å². The van der Waals surface area contributed by atoms with Crippen molar-refractivity contribution in [2.45, 2.75) is 13.5 Å². The summed E-state index contributed by atoms with van der Waals surface area (Å²) in [5.41, 5.74) is 3.87. The van der Waals surface area contributed by atoms with Crippen molar-refractivity contribution in [3.05, 3.63) is 89.5 Å². The number of hydrogen-bond acceptors (Lipinski definition) is 4. The number of carbonyl (C=O) groups is 1. The van der Waals surface area contributed by atoms with E-state index in [2.05, 4.69) is 17.0 Å². The summed E-state index contributed by atoms with van der Waals surface area (Å²) in [5.74, 6) is 1.57. The van der Waals surface area contributed by atoms with Crippen molar-refractivity contribution in [2.75, 3.05) is 38.2 Å². The number of para-hydroxylation sites is 1. The van der Waals surface area contributed by atoms with Gasteiger partial charge in [0, 0.05) is 43.0 Å². The largest absolute Gasteiger partial charge is 0.496 e. The number of amides is 1. The molecule has 3 aromatic carbocycles. The number of methoxy groups -OCH3 is 1. The maximum atomic E-state index is 13.1. The molecule has 0 spiro atoms. The average Bonchev–Trinajstić information content (AvgIpc) is 2.83. The highest BCUT2D eigenvalue weighted by atomic mass is 16.5. The molecule has 1 amide bonds. The quantitative estimate of drug-likeness (QED) is 0.591. The summed E-state index contributed by atoms with van der Waals surface area (Å²) in [7, 11) is 1.63. The van der Waals surface area contributed by atoms with E-state index in [1.54, 1.807) is 7.11 Å². The molecule has 5 nitrogen and oxygen atoms in total. The number of aryl methyl sites for hydroxylation is 1. The number of hydrogen-bond donors (Lipinski definition) is 0. The number of rotatable bonds is 6. The zero-order chi connectivity index (χ0) is 21.6. The van der Waals surface area contributed by atoms with E-state index in [1.807, 2.05) is 72.5 Å². The Morgan fingerprint density at radius 1 is 0.903 bits per heavy atom. The van der Waals surface area contributed by atoms with Gasteiger partial charge in [0.05, 0.1) is 7.11 Å². The Bertz CT molecular complexity index is 1030. The summed E-state index contributed by atoms with van der Waals surface area (Å²) in [6, 6.07) is 23.8. The second-order valence-electron chi connectivity index (χ2n) is 7.75. The van der Waals surface area contributed by atoms with Gasteiger partial charge in [-0.1, -0.05) is 30.3 Å². The summed E-state index contributed by atoms with van der Waals surface area (Å²) < 4.78 is 11.4. The Balaban J connectivity index is 1.43. The minimum Gasteiger partial charge on any atom is -0.496 e. The van der Waals surface area contributed by atoms with Crippen LogP contribution < -0.4 is 14.4 Å². The van der Waals surface area contributed by atoms with E-state index in [0.29, 0.717) is 25.3 Å². The molecule has 1 fully saturated rings. The lowest BCUT2D eigenvalue weighted by molar-refractivity contribution is 0.0746. The Labute approximate surface area is 183 Å². The summed E-state index contributed by atoms with van der Waals surface area (Å²) in [5, 5.41) is 0. The Morgan fingerprint density at radius 3 is 2.39 bits per heavy atom. The fraction of sp³-hybridized carbons (Fsp3) is 0.269.